The van der Waals surface area contributed by atoms with Crippen molar-refractivity contribution in [1.29, 1.82) is 0 Å². The Balaban J connectivity index is 1.66. The molecule has 4 heteroatoms. The molecule has 0 radical (unpaired) electrons. The second-order valence-corrected chi connectivity index (χ2v) is 7.45. The van der Waals surface area contributed by atoms with Gasteiger partial charge in [0.05, 0.1) is 19.4 Å². The van der Waals surface area contributed by atoms with Crippen LogP contribution >= 0.6 is 0 Å². The molecule has 1 aromatic carbocycles. The molecule has 1 aliphatic rings. The lowest BCUT2D eigenvalue weighted by Crippen LogP contribution is -2.46. The van der Waals surface area contributed by atoms with Crippen molar-refractivity contribution in [2.45, 2.75) is 33.4 Å². The van der Waals surface area contributed by atoms with E-state index in [1.807, 2.05) is 35.2 Å². The molecule has 0 spiro atoms. The van der Waals surface area contributed by atoms with E-state index < -0.39 is 0 Å². The lowest BCUT2D eigenvalue weighted by Gasteiger charge is -2.36. The van der Waals surface area contributed by atoms with Gasteiger partial charge in [-0.25, -0.2) is 0 Å². The summed E-state index contributed by atoms with van der Waals surface area (Å²) in [4.78, 5) is 17.1. The Kier molecular flexibility index (Phi) is 5.92. The first-order valence-electron chi connectivity index (χ1n) is 9.16. The average molecular weight is 340 g/mol. The minimum Gasteiger partial charge on any atom is -0.468 e. The first-order valence-corrected chi connectivity index (χ1v) is 9.16. The van der Waals surface area contributed by atoms with Crippen molar-refractivity contribution in [2.75, 3.05) is 19.6 Å². The van der Waals surface area contributed by atoms with Crippen LogP contribution in [0.4, 0.5) is 0 Å². The molecule has 1 fully saturated rings. The van der Waals surface area contributed by atoms with Gasteiger partial charge < -0.3 is 9.32 Å². The van der Waals surface area contributed by atoms with Gasteiger partial charge in [-0.2, -0.15) is 0 Å². The topological polar surface area (TPSA) is 36.7 Å². The number of furan rings is 1. The molecule has 2 heterocycles. The Labute approximate surface area is 150 Å². The minimum absolute atomic E-state index is 0.223. The van der Waals surface area contributed by atoms with Gasteiger partial charge in [-0.1, -0.05) is 44.2 Å². The third kappa shape index (κ3) is 5.20. The molecule has 3 rings (SSSR count). The van der Waals surface area contributed by atoms with Crippen LogP contribution in [0.1, 0.15) is 31.6 Å². The zero-order valence-corrected chi connectivity index (χ0v) is 15.2. The molecule has 134 valence electrons. The molecule has 0 aliphatic carbocycles. The van der Waals surface area contributed by atoms with Gasteiger partial charge in [0.1, 0.15) is 5.76 Å². The molecule has 2 unspecified atom stereocenters. The maximum atomic E-state index is 12.9. The van der Waals surface area contributed by atoms with Crippen molar-refractivity contribution in [1.82, 2.24) is 9.80 Å². The standard InChI is InChI=1S/C21H28N2O2/c1-17-11-18(2)13-23(12-17)21(24)16-22(15-20-9-6-10-25-20)14-19-7-4-3-5-8-19/h3-10,17-18H,11-16H2,1-2H3. The Bertz CT molecular complexity index is 644. The molecule has 0 saturated carbocycles. The molecule has 1 saturated heterocycles. The van der Waals surface area contributed by atoms with E-state index in [0.29, 0.717) is 24.9 Å². The lowest BCUT2D eigenvalue weighted by molar-refractivity contribution is -0.135. The largest absolute Gasteiger partial charge is 0.468 e. The molecule has 25 heavy (non-hydrogen) atoms. The molecule has 4 nitrogen and oxygen atoms in total. The normalized spacial score (nSPS) is 20.8. The molecule has 1 aromatic heterocycles. The molecule has 2 aromatic rings. The monoisotopic (exact) mass is 340 g/mol. The number of benzene rings is 1. The number of likely N-dealkylation sites (tertiary alicyclic amines) is 1. The fraction of sp³-hybridized carbons (Fsp3) is 0.476. The number of rotatable bonds is 6. The van der Waals surface area contributed by atoms with Crippen molar-refractivity contribution in [3.8, 4) is 0 Å². The molecular formula is C21H28N2O2. The molecule has 1 amide bonds. The maximum absolute atomic E-state index is 12.9. The first kappa shape index (κ1) is 17.7. The van der Waals surface area contributed by atoms with Crippen molar-refractivity contribution in [3.05, 3.63) is 60.1 Å². The SMILES string of the molecule is CC1CC(C)CN(C(=O)CN(Cc2ccccc2)Cc2ccco2)C1. The summed E-state index contributed by atoms with van der Waals surface area (Å²) < 4.78 is 5.50. The second-order valence-electron chi connectivity index (χ2n) is 7.45. The summed E-state index contributed by atoms with van der Waals surface area (Å²) in [5.41, 5.74) is 1.21. The van der Waals surface area contributed by atoms with E-state index >= 15 is 0 Å². The summed E-state index contributed by atoms with van der Waals surface area (Å²) in [6, 6.07) is 14.2. The van der Waals surface area contributed by atoms with Crippen molar-refractivity contribution < 1.29 is 9.21 Å². The van der Waals surface area contributed by atoms with Gasteiger partial charge in [0.15, 0.2) is 0 Å². The zero-order valence-electron chi connectivity index (χ0n) is 15.2. The smallest absolute Gasteiger partial charge is 0.236 e. The van der Waals surface area contributed by atoms with Crippen LogP contribution in [-0.4, -0.2) is 35.3 Å². The van der Waals surface area contributed by atoms with Gasteiger partial charge in [-0.15, -0.1) is 0 Å². The van der Waals surface area contributed by atoms with Crippen LogP contribution in [0.15, 0.2) is 53.1 Å². The zero-order chi connectivity index (χ0) is 17.6. The number of amides is 1. The van der Waals surface area contributed by atoms with Gasteiger partial charge in [0.2, 0.25) is 5.91 Å². The predicted molar refractivity (Wildman–Crippen MR) is 98.8 cm³/mol. The third-order valence-electron chi connectivity index (χ3n) is 4.79. The summed E-state index contributed by atoms with van der Waals surface area (Å²) in [6.45, 7) is 8.04. The summed E-state index contributed by atoms with van der Waals surface area (Å²) in [5.74, 6) is 2.28. The van der Waals surface area contributed by atoms with Gasteiger partial charge in [-0.05, 0) is 36.0 Å². The molecule has 0 N–H and O–H groups in total. The Hall–Kier alpha value is -2.07. The van der Waals surface area contributed by atoms with Crippen molar-refractivity contribution in [2.24, 2.45) is 11.8 Å². The van der Waals surface area contributed by atoms with E-state index in [0.717, 1.165) is 25.4 Å². The maximum Gasteiger partial charge on any atom is 0.236 e. The van der Waals surface area contributed by atoms with E-state index in [4.69, 9.17) is 4.42 Å². The van der Waals surface area contributed by atoms with Crippen LogP contribution in [0.2, 0.25) is 0 Å². The average Bonchev–Trinajstić information content (AvgIpc) is 3.08. The number of hydrogen-bond donors (Lipinski definition) is 0. The molecule has 2 atom stereocenters. The summed E-state index contributed by atoms with van der Waals surface area (Å²) in [6.07, 6.45) is 2.90. The van der Waals surface area contributed by atoms with Crippen LogP contribution in [0.3, 0.4) is 0 Å². The van der Waals surface area contributed by atoms with E-state index in [9.17, 15) is 4.79 Å². The summed E-state index contributed by atoms with van der Waals surface area (Å²) in [7, 11) is 0. The van der Waals surface area contributed by atoms with Crippen LogP contribution in [0.5, 0.6) is 0 Å². The molecule has 0 bridgehead atoms. The number of carbonyl (C=O) groups is 1. The fourth-order valence-electron chi connectivity index (χ4n) is 3.79. The number of hydrogen-bond acceptors (Lipinski definition) is 3. The highest BCUT2D eigenvalue weighted by molar-refractivity contribution is 5.78. The second kappa shape index (κ2) is 8.34. The molecular weight excluding hydrogens is 312 g/mol. The van der Waals surface area contributed by atoms with Crippen LogP contribution in [0.25, 0.3) is 0 Å². The van der Waals surface area contributed by atoms with Gasteiger partial charge in [-0.3, -0.25) is 9.69 Å². The van der Waals surface area contributed by atoms with E-state index in [1.165, 1.54) is 12.0 Å². The molecule has 1 aliphatic heterocycles. The predicted octanol–water partition coefficient (Wildman–Crippen LogP) is 3.79. The van der Waals surface area contributed by atoms with Gasteiger partial charge in [0.25, 0.3) is 0 Å². The van der Waals surface area contributed by atoms with E-state index in [-0.39, 0.29) is 5.91 Å². The van der Waals surface area contributed by atoms with Crippen molar-refractivity contribution >= 4 is 5.91 Å². The Morgan fingerprint density at radius 1 is 1.08 bits per heavy atom. The lowest BCUT2D eigenvalue weighted by atomic mass is 9.92. The fourth-order valence-corrected chi connectivity index (χ4v) is 3.79. The van der Waals surface area contributed by atoms with Crippen LogP contribution in [-0.2, 0) is 17.9 Å². The van der Waals surface area contributed by atoms with E-state index in [1.54, 1.807) is 6.26 Å². The summed E-state index contributed by atoms with van der Waals surface area (Å²) >= 11 is 0. The summed E-state index contributed by atoms with van der Waals surface area (Å²) in [5, 5.41) is 0. The number of nitrogens with zero attached hydrogens (tertiary/aromatic N) is 2. The highest BCUT2D eigenvalue weighted by Crippen LogP contribution is 2.21. The van der Waals surface area contributed by atoms with Crippen LogP contribution in [0, 0.1) is 11.8 Å². The highest BCUT2D eigenvalue weighted by Gasteiger charge is 2.26. The quantitative estimate of drug-likeness (QED) is 0.803. The third-order valence-corrected chi connectivity index (χ3v) is 4.79. The van der Waals surface area contributed by atoms with Gasteiger partial charge in [0, 0.05) is 19.6 Å². The van der Waals surface area contributed by atoms with Crippen LogP contribution < -0.4 is 0 Å². The number of piperidine rings is 1. The Morgan fingerprint density at radius 2 is 1.80 bits per heavy atom. The van der Waals surface area contributed by atoms with E-state index in [2.05, 4.69) is 30.9 Å². The Morgan fingerprint density at radius 3 is 2.44 bits per heavy atom. The minimum atomic E-state index is 0.223. The van der Waals surface area contributed by atoms with Crippen molar-refractivity contribution in [3.63, 3.8) is 0 Å². The van der Waals surface area contributed by atoms with Gasteiger partial charge >= 0.3 is 0 Å². The highest BCUT2D eigenvalue weighted by atomic mass is 16.3. The first-order chi connectivity index (χ1) is 12.1. The number of carbonyl (C=O) groups excluding carboxylic acids is 1.